The van der Waals surface area contributed by atoms with E-state index in [1.807, 2.05) is 6.92 Å². The van der Waals surface area contributed by atoms with Crippen molar-refractivity contribution in [3.63, 3.8) is 0 Å². The lowest BCUT2D eigenvalue weighted by atomic mass is 10.1. The molecule has 0 radical (unpaired) electrons. The summed E-state index contributed by atoms with van der Waals surface area (Å²) >= 11 is 5.90. The maximum Gasteiger partial charge on any atom is 0.134 e. The van der Waals surface area contributed by atoms with Crippen molar-refractivity contribution in [1.29, 1.82) is 0 Å². The highest BCUT2D eigenvalue weighted by Crippen LogP contribution is 2.39. The van der Waals surface area contributed by atoms with Crippen molar-refractivity contribution in [2.75, 3.05) is 6.61 Å². The largest absolute Gasteiger partial charge is 0.366 e. The number of hydrogen-bond acceptors (Lipinski definition) is 3. The van der Waals surface area contributed by atoms with Crippen molar-refractivity contribution in [3.8, 4) is 0 Å². The van der Waals surface area contributed by atoms with Crippen LogP contribution in [-0.2, 0) is 4.74 Å². The Morgan fingerprint density at radius 2 is 2.33 bits per heavy atom. The van der Waals surface area contributed by atoms with Gasteiger partial charge in [-0.1, -0.05) is 11.6 Å². The molecule has 0 saturated carbocycles. The van der Waals surface area contributed by atoms with Gasteiger partial charge in [0.15, 0.2) is 0 Å². The summed E-state index contributed by atoms with van der Waals surface area (Å²) < 4.78 is 5.08. The first-order valence-electron chi connectivity index (χ1n) is 2.82. The molecular formula is C5H11ClN2O. The van der Waals surface area contributed by atoms with Crippen molar-refractivity contribution in [2.24, 2.45) is 5.84 Å². The van der Waals surface area contributed by atoms with E-state index >= 15 is 0 Å². The molecule has 0 amide bonds. The van der Waals surface area contributed by atoms with Gasteiger partial charge in [0.05, 0.1) is 6.61 Å². The molecule has 0 aromatic carbocycles. The average Bonchev–Trinajstić information content (AvgIpc) is 2.49. The molecule has 0 aromatic heterocycles. The third-order valence-corrected chi connectivity index (χ3v) is 2.35. The molecule has 0 aromatic rings. The zero-order valence-electron chi connectivity index (χ0n) is 5.57. The second kappa shape index (κ2) is 1.83. The predicted molar refractivity (Wildman–Crippen MR) is 35.9 cm³/mol. The lowest BCUT2D eigenvalue weighted by Crippen LogP contribution is -2.51. The Morgan fingerprint density at radius 3 is 2.44 bits per heavy atom. The van der Waals surface area contributed by atoms with Crippen LogP contribution in [0.25, 0.3) is 0 Å². The molecule has 1 aliphatic rings. The number of nitrogens with one attached hydrogen (secondary N) is 1. The molecule has 2 unspecified atom stereocenters. The van der Waals surface area contributed by atoms with Gasteiger partial charge in [-0.3, -0.25) is 5.84 Å². The number of alkyl halides is 1. The van der Waals surface area contributed by atoms with Crippen LogP contribution in [0.2, 0.25) is 0 Å². The van der Waals surface area contributed by atoms with E-state index in [0.717, 1.165) is 0 Å². The summed E-state index contributed by atoms with van der Waals surface area (Å²) in [7, 11) is 0. The van der Waals surface area contributed by atoms with Crippen molar-refractivity contribution >= 4 is 11.6 Å². The highest BCUT2D eigenvalue weighted by Gasteiger charge is 2.54. The van der Waals surface area contributed by atoms with Crippen molar-refractivity contribution < 1.29 is 4.74 Å². The van der Waals surface area contributed by atoms with Gasteiger partial charge < -0.3 is 4.74 Å². The first kappa shape index (κ1) is 7.28. The van der Waals surface area contributed by atoms with Crippen LogP contribution in [-0.4, -0.2) is 17.2 Å². The maximum atomic E-state index is 5.90. The van der Waals surface area contributed by atoms with E-state index in [2.05, 4.69) is 5.43 Å². The Labute approximate surface area is 59.5 Å². The molecule has 2 atom stereocenters. The zero-order chi connectivity index (χ0) is 7.12. The topological polar surface area (TPSA) is 50.6 Å². The van der Waals surface area contributed by atoms with Crippen LogP contribution in [0.5, 0.6) is 0 Å². The Balaban J connectivity index is 2.58. The Bertz CT molecular complexity index is 122. The predicted octanol–water partition coefficient (Wildman–Crippen LogP) is 0.194. The lowest BCUT2D eigenvalue weighted by Gasteiger charge is -2.24. The van der Waals surface area contributed by atoms with Gasteiger partial charge in [-0.2, -0.15) is 0 Å². The van der Waals surface area contributed by atoms with Gasteiger partial charge >= 0.3 is 0 Å². The molecule has 9 heavy (non-hydrogen) atoms. The maximum absolute atomic E-state index is 5.90. The molecule has 54 valence electrons. The van der Waals surface area contributed by atoms with Gasteiger partial charge in [-0.05, 0) is 13.8 Å². The van der Waals surface area contributed by atoms with Crippen LogP contribution < -0.4 is 11.3 Å². The summed E-state index contributed by atoms with van der Waals surface area (Å²) in [6.45, 7) is 4.39. The smallest absolute Gasteiger partial charge is 0.134 e. The monoisotopic (exact) mass is 150 g/mol. The zero-order valence-corrected chi connectivity index (χ0v) is 6.33. The Kier molecular flexibility index (Phi) is 1.48. The summed E-state index contributed by atoms with van der Waals surface area (Å²) in [5, 5.41) is 0. The molecule has 1 fully saturated rings. The minimum Gasteiger partial charge on any atom is -0.366 e. The second-order valence-electron chi connectivity index (χ2n) is 2.67. The van der Waals surface area contributed by atoms with Crippen molar-refractivity contribution in [2.45, 2.75) is 24.4 Å². The standard InChI is InChI=1S/C5H11ClN2O/c1-4(3-9-4)5(2,6)8-7/h8H,3,7H2,1-2H3. The van der Waals surface area contributed by atoms with Crippen LogP contribution in [0.1, 0.15) is 13.8 Å². The molecular weight excluding hydrogens is 140 g/mol. The Hall–Kier alpha value is 0.170. The molecule has 0 aliphatic carbocycles. The molecule has 1 rings (SSSR count). The number of hydrazine groups is 1. The molecule has 1 heterocycles. The number of ether oxygens (including phenoxy) is 1. The summed E-state index contributed by atoms with van der Waals surface area (Å²) in [5.41, 5.74) is 2.21. The molecule has 1 saturated heterocycles. The molecule has 3 nitrogen and oxygen atoms in total. The average molecular weight is 151 g/mol. The number of epoxide rings is 1. The van der Waals surface area contributed by atoms with Crippen LogP contribution in [0, 0.1) is 0 Å². The van der Waals surface area contributed by atoms with Crippen LogP contribution >= 0.6 is 11.6 Å². The third kappa shape index (κ3) is 1.05. The van der Waals surface area contributed by atoms with Crippen LogP contribution in [0.15, 0.2) is 0 Å². The number of rotatable bonds is 2. The third-order valence-electron chi connectivity index (χ3n) is 1.84. The fraction of sp³-hybridized carbons (Fsp3) is 1.00. The van der Waals surface area contributed by atoms with Gasteiger partial charge in [-0.15, -0.1) is 0 Å². The SMILES string of the molecule is CC(Cl)(NN)C1(C)CO1. The fourth-order valence-electron chi connectivity index (χ4n) is 0.532. The van der Waals surface area contributed by atoms with Gasteiger partial charge in [0, 0.05) is 0 Å². The van der Waals surface area contributed by atoms with Crippen molar-refractivity contribution in [3.05, 3.63) is 0 Å². The number of halogens is 1. The summed E-state index contributed by atoms with van der Waals surface area (Å²) in [5.74, 6) is 5.17. The highest BCUT2D eigenvalue weighted by molar-refractivity contribution is 6.24. The van der Waals surface area contributed by atoms with Crippen LogP contribution in [0.3, 0.4) is 0 Å². The first-order chi connectivity index (χ1) is 4.02. The minimum atomic E-state index is -0.632. The normalized spacial score (nSPS) is 40.0. The molecule has 4 heteroatoms. The summed E-state index contributed by atoms with van der Waals surface area (Å²) in [6, 6.07) is 0. The highest BCUT2D eigenvalue weighted by atomic mass is 35.5. The molecule has 0 bridgehead atoms. The van der Waals surface area contributed by atoms with E-state index < -0.39 is 5.00 Å². The van der Waals surface area contributed by atoms with E-state index in [-0.39, 0.29) is 5.60 Å². The fourth-order valence-corrected chi connectivity index (χ4v) is 0.641. The van der Waals surface area contributed by atoms with E-state index in [1.165, 1.54) is 0 Å². The van der Waals surface area contributed by atoms with E-state index in [9.17, 15) is 0 Å². The molecule has 1 aliphatic heterocycles. The molecule has 3 N–H and O–H groups in total. The summed E-state index contributed by atoms with van der Waals surface area (Å²) in [6.07, 6.45) is 0. The lowest BCUT2D eigenvalue weighted by molar-refractivity contribution is 0.239. The Morgan fingerprint density at radius 1 is 1.89 bits per heavy atom. The van der Waals surface area contributed by atoms with Crippen LogP contribution in [0.4, 0.5) is 0 Å². The first-order valence-corrected chi connectivity index (χ1v) is 3.20. The van der Waals surface area contributed by atoms with Gasteiger partial charge in [0.2, 0.25) is 0 Å². The van der Waals surface area contributed by atoms with E-state index in [1.54, 1.807) is 6.92 Å². The van der Waals surface area contributed by atoms with E-state index in [4.69, 9.17) is 22.2 Å². The second-order valence-corrected chi connectivity index (χ2v) is 3.42. The van der Waals surface area contributed by atoms with Gasteiger partial charge in [0.25, 0.3) is 0 Å². The minimum absolute atomic E-state index is 0.274. The number of hydrogen-bond donors (Lipinski definition) is 2. The van der Waals surface area contributed by atoms with Crippen molar-refractivity contribution in [1.82, 2.24) is 5.43 Å². The summed E-state index contributed by atoms with van der Waals surface area (Å²) in [4.78, 5) is -0.632. The number of nitrogens with two attached hydrogens (primary N) is 1. The van der Waals surface area contributed by atoms with Gasteiger partial charge in [-0.25, -0.2) is 5.43 Å². The van der Waals surface area contributed by atoms with E-state index in [0.29, 0.717) is 6.61 Å². The molecule has 0 spiro atoms. The van der Waals surface area contributed by atoms with Gasteiger partial charge in [0.1, 0.15) is 10.6 Å². The quantitative estimate of drug-likeness (QED) is 0.194.